The maximum absolute atomic E-state index is 5.28. The van der Waals surface area contributed by atoms with E-state index in [2.05, 4.69) is 125 Å². The second-order valence-corrected chi connectivity index (χ2v) is 9.78. The van der Waals surface area contributed by atoms with Crippen LogP contribution in [-0.2, 0) is 6.54 Å². The van der Waals surface area contributed by atoms with Gasteiger partial charge in [0.15, 0.2) is 0 Å². The fraction of sp³-hybridized carbons (Fsp3) is 0.0588. The molecule has 0 spiro atoms. The van der Waals surface area contributed by atoms with Crippen molar-refractivity contribution in [2.75, 3.05) is 0 Å². The smallest absolute Gasteiger partial charge is 0.143 e. The van der Waals surface area contributed by atoms with E-state index in [0.717, 1.165) is 51.2 Å². The van der Waals surface area contributed by atoms with Gasteiger partial charge in [-0.15, -0.1) is 0 Å². The molecule has 8 rings (SSSR count). The van der Waals surface area contributed by atoms with E-state index in [1.807, 2.05) is 6.07 Å². The third-order valence-corrected chi connectivity index (χ3v) is 7.71. The lowest BCUT2D eigenvalue weighted by Crippen LogP contribution is -2.01. The normalized spacial score (nSPS) is 11.9. The molecule has 0 atom stereocenters. The monoisotopic (exact) mass is 488 g/mol. The molecule has 4 aromatic heterocycles. The summed E-state index contributed by atoms with van der Waals surface area (Å²) in [5, 5.41) is 6.01. The zero-order valence-electron chi connectivity index (χ0n) is 21.0. The predicted octanol–water partition coefficient (Wildman–Crippen LogP) is 8.52. The maximum atomic E-state index is 5.28. The highest BCUT2D eigenvalue weighted by Gasteiger charge is 2.17. The molecule has 0 N–H and O–H groups in total. The Hall–Kier alpha value is -4.96. The molecular weight excluding hydrogens is 464 g/mol. The molecule has 4 heteroatoms. The Bertz CT molecular complexity index is 2180. The van der Waals surface area contributed by atoms with Crippen molar-refractivity contribution >= 4 is 54.6 Å². The van der Waals surface area contributed by atoms with Gasteiger partial charge in [-0.25, -0.2) is 9.97 Å². The quantitative estimate of drug-likeness (QED) is 0.250. The summed E-state index contributed by atoms with van der Waals surface area (Å²) in [5.74, 6) is 0.921. The Labute approximate surface area is 219 Å². The molecule has 0 fully saturated rings. The van der Waals surface area contributed by atoms with E-state index in [0.29, 0.717) is 0 Å². The van der Waals surface area contributed by atoms with Crippen molar-refractivity contribution in [3.8, 4) is 17.1 Å². The molecule has 0 saturated heterocycles. The lowest BCUT2D eigenvalue weighted by molar-refractivity contribution is 0.814. The molecule has 4 heterocycles. The average molecular weight is 489 g/mol. The molecular formula is C34H24N4. The molecule has 38 heavy (non-hydrogen) atoms. The van der Waals surface area contributed by atoms with Gasteiger partial charge in [-0.05, 0) is 49.4 Å². The molecule has 4 nitrogen and oxygen atoms in total. The number of pyridine rings is 2. The summed E-state index contributed by atoms with van der Waals surface area (Å²) in [6.07, 6.45) is 0. The zero-order chi connectivity index (χ0) is 25.2. The lowest BCUT2D eigenvalue weighted by Gasteiger charge is -2.10. The molecule has 0 amide bonds. The van der Waals surface area contributed by atoms with Crippen LogP contribution in [0.15, 0.2) is 115 Å². The summed E-state index contributed by atoms with van der Waals surface area (Å²) in [4.78, 5) is 10.2. The minimum Gasteiger partial charge on any atom is -0.325 e. The first kappa shape index (κ1) is 21.2. The minimum absolute atomic E-state index is 0.866. The summed E-state index contributed by atoms with van der Waals surface area (Å²) in [7, 11) is 0. The second kappa shape index (κ2) is 8.02. The van der Waals surface area contributed by atoms with Crippen LogP contribution in [-0.4, -0.2) is 19.1 Å². The molecule has 0 aliphatic heterocycles. The van der Waals surface area contributed by atoms with Gasteiger partial charge in [0.2, 0.25) is 0 Å². The minimum atomic E-state index is 0.866. The van der Waals surface area contributed by atoms with Crippen molar-refractivity contribution < 1.29 is 0 Å². The molecule has 0 unspecified atom stereocenters. The number of aryl methyl sites for hydroxylation is 1. The van der Waals surface area contributed by atoms with Crippen LogP contribution >= 0.6 is 0 Å². The molecule has 0 saturated carbocycles. The van der Waals surface area contributed by atoms with Crippen molar-refractivity contribution in [1.29, 1.82) is 0 Å². The second-order valence-electron chi connectivity index (χ2n) is 9.78. The van der Waals surface area contributed by atoms with Gasteiger partial charge in [-0.3, -0.25) is 4.57 Å². The summed E-state index contributed by atoms with van der Waals surface area (Å²) < 4.78 is 4.61. The number of aromatic nitrogens is 4. The number of para-hydroxylation sites is 3. The fourth-order valence-electron chi connectivity index (χ4n) is 5.95. The van der Waals surface area contributed by atoms with Crippen molar-refractivity contribution in [2.45, 2.75) is 13.5 Å². The third-order valence-electron chi connectivity index (χ3n) is 7.71. The highest BCUT2D eigenvalue weighted by Crippen LogP contribution is 2.36. The van der Waals surface area contributed by atoms with Gasteiger partial charge in [0.1, 0.15) is 11.5 Å². The SMILES string of the molecule is CCn1c2ccccc2c2ccc(-n3c4ccccc4c4ccc(-c5ccc6ccccc6n5)cc43)nc21. The number of fused-ring (bicyclic) bond motifs is 7. The molecule has 0 bridgehead atoms. The standard InChI is InChI=1S/C34H24N4/c1-2-37-30-13-7-4-11-25(30)27-18-20-33(36-34(27)37)38-31-14-8-5-10-24(31)26-17-15-23(21-32(26)38)29-19-16-22-9-3-6-12-28(22)35-29/h3-21H,2H2,1H3. The Balaban J connectivity index is 1.41. The Morgan fingerprint density at radius 1 is 0.579 bits per heavy atom. The summed E-state index contributed by atoms with van der Waals surface area (Å²) in [5.41, 5.74) is 7.59. The molecule has 4 aromatic carbocycles. The number of benzene rings is 4. The van der Waals surface area contributed by atoms with Gasteiger partial charge >= 0.3 is 0 Å². The van der Waals surface area contributed by atoms with Gasteiger partial charge in [-0.1, -0.05) is 72.8 Å². The Morgan fingerprint density at radius 3 is 2.16 bits per heavy atom. The Morgan fingerprint density at radius 2 is 1.29 bits per heavy atom. The van der Waals surface area contributed by atoms with Gasteiger partial charge in [0.25, 0.3) is 0 Å². The molecule has 180 valence electrons. The number of nitrogens with zero attached hydrogens (tertiary/aromatic N) is 4. The van der Waals surface area contributed by atoms with Gasteiger partial charge in [0, 0.05) is 39.0 Å². The number of hydrogen-bond acceptors (Lipinski definition) is 2. The van der Waals surface area contributed by atoms with E-state index in [4.69, 9.17) is 9.97 Å². The molecule has 0 radical (unpaired) electrons. The topological polar surface area (TPSA) is 35.6 Å². The van der Waals surface area contributed by atoms with Crippen LogP contribution in [0.1, 0.15) is 6.92 Å². The third kappa shape index (κ3) is 2.97. The van der Waals surface area contributed by atoms with Crippen molar-refractivity contribution in [1.82, 2.24) is 19.1 Å². The summed E-state index contributed by atoms with van der Waals surface area (Å²) in [6, 6.07) is 40.7. The van der Waals surface area contributed by atoms with Crippen molar-refractivity contribution in [3.05, 3.63) is 115 Å². The van der Waals surface area contributed by atoms with E-state index in [-0.39, 0.29) is 0 Å². The molecule has 0 aliphatic rings. The van der Waals surface area contributed by atoms with Crippen LogP contribution < -0.4 is 0 Å². The van der Waals surface area contributed by atoms with Crippen LogP contribution in [0.4, 0.5) is 0 Å². The first-order chi connectivity index (χ1) is 18.8. The van der Waals surface area contributed by atoms with Crippen LogP contribution in [0.25, 0.3) is 71.7 Å². The van der Waals surface area contributed by atoms with Gasteiger partial charge in [0.05, 0.1) is 27.8 Å². The van der Waals surface area contributed by atoms with Crippen LogP contribution in [0, 0.1) is 0 Å². The predicted molar refractivity (Wildman–Crippen MR) is 158 cm³/mol. The van der Waals surface area contributed by atoms with Crippen LogP contribution in [0.5, 0.6) is 0 Å². The van der Waals surface area contributed by atoms with Crippen molar-refractivity contribution in [3.63, 3.8) is 0 Å². The van der Waals surface area contributed by atoms with E-state index >= 15 is 0 Å². The highest BCUT2D eigenvalue weighted by molar-refractivity contribution is 6.11. The lowest BCUT2D eigenvalue weighted by atomic mass is 10.1. The number of rotatable bonds is 3. The summed E-state index contributed by atoms with van der Waals surface area (Å²) >= 11 is 0. The zero-order valence-corrected chi connectivity index (χ0v) is 21.0. The molecule has 8 aromatic rings. The van der Waals surface area contributed by atoms with E-state index in [1.54, 1.807) is 0 Å². The number of hydrogen-bond donors (Lipinski definition) is 0. The van der Waals surface area contributed by atoms with Gasteiger partial charge in [-0.2, -0.15) is 0 Å². The molecule has 0 aliphatic carbocycles. The largest absolute Gasteiger partial charge is 0.325 e. The van der Waals surface area contributed by atoms with Crippen molar-refractivity contribution in [2.24, 2.45) is 0 Å². The van der Waals surface area contributed by atoms with E-state index < -0.39 is 0 Å². The van der Waals surface area contributed by atoms with Crippen LogP contribution in [0.3, 0.4) is 0 Å². The van der Waals surface area contributed by atoms with Gasteiger partial charge < -0.3 is 4.57 Å². The average Bonchev–Trinajstić information content (AvgIpc) is 3.48. The first-order valence-electron chi connectivity index (χ1n) is 13.1. The van der Waals surface area contributed by atoms with E-state index in [9.17, 15) is 0 Å². The Kier molecular flexibility index (Phi) is 4.47. The first-order valence-corrected chi connectivity index (χ1v) is 13.1. The maximum Gasteiger partial charge on any atom is 0.143 e. The highest BCUT2D eigenvalue weighted by atomic mass is 15.1. The summed E-state index contributed by atoms with van der Waals surface area (Å²) in [6.45, 7) is 3.05. The van der Waals surface area contributed by atoms with Crippen LogP contribution in [0.2, 0.25) is 0 Å². The van der Waals surface area contributed by atoms with E-state index in [1.165, 1.54) is 27.1 Å². The fourth-order valence-corrected chi connectivity index (χ4v) is 5.95.